The molecule has 1 amide bonds. The van der Waals surface area contributed by atoms with Gasteiger partial charge in [-0.15, -0.1) is 0 Å². The van der Waals surface area contributed by atoms with Gasteiger partial charge in [0.05, 0.1) is 18.0 Å². The van der Waals surface area contributed by atoms with Gasteiger partial charge in [-0.3, -0.25) is 9.69 Å². The Morgan fingerprint density at radius 3 is 2.83 bits per heavy atom. The van der Waals surface area contributed by atoms with Gasteiger partial charge in [0.25, 0.3) is 0 Å². The number of carbonyl (C=O) groups excluding carboxylic acids is 1. The lowest BCUT2D eigenvalue weighted by Crippen LogP contribution is -2.49. The van der Waals surface area contributed by atoms with E-state index in [1.807, 2.05) is 36.1 Å². The zero-order chi connectivity index (χ0) is 24.6. The number of nitrogens with one attached hydrogen (secondary N) is 2. The highest BCUT2D eigenvalue weighted by molar-refractivity contribution is 5.83. The van der Waals surface area contributed by atoms with Crippen molar-refractivity contribution in [3.8, 4) is 11.8 Å². The fraction of sp³-hybridized carbons (Fsp3) is 0.440. The summed E-state index contributed by atoms with van der Waals surface area (Å²) in [4.78, 5) is 25.7. The van der Waals surface area contributed by atoms with E-state index in [4.69, 9.17) is 9.47 Å². The molecule has 2 aromatic rings. The highest BCUT2D eigenvalue weighted by Gasteiger charge is 2.23. The maximum absolute atomic E-state index is 12.6. The number of amides is 1. The van der Waals surface area contributed by atoms with Crippen LogP contribution >= 0.6 is 0 Å². The number of hydrogen-bond acceptors (Lipinski definition) is 9. The van der Waals surface area contributed by atoms with Crippen molar-refractivity contribution in [3.63, 3.8) is 0 Å². The van der Waals surface area contributed by atoms with Crippen molar-refractivity contribution in [3.05, 3.63) is 47.6 Å². The summed E-state index contributed by atoms with van der Waals surface area (Å²) >= 11 is 0. The summed E-state index contributed by atoms with van der Waals surface area (Å²) < 4.78 is 11.0. The number of nitriles is 1. The van der Waals surface area contributed by atoms with Gasteiger partial charge >= 0.3 is 0 Å². The molecule has 4 rings (SSSR count). The molecule has 1 aromatic heterocycles. The number of aromatic nitrogens is 2. The number of piperazine rings is 1. The number of allylic oxidation sites excluding steroid dienone is 1. The number of anilines is 2. The molecule has 0 bridgehead atoms. The Morgan fingerprint density at radius 1 is 1.29 bits per heavy atom. The Bertz CT molecular complexity index is 1090. The summed E-state index contributed by atoms with van der Waals surface area (Å²) in [5.41, 5.74) is 2.38. The van der Waals surface area contributed by atoms with Crippen molar-refractivity contribution in [2.24, 2.45) is 0 Å². The number of nitrogens with zero attached hydrogens (tertiary/aromatic N) is 5. The third-order valence-corrected chi connectivity index (χ3v) is 6.08. The standard InChI is InChI=1S/C25H31N7O3/c1-18-17-28-25(27-9-5-8-22(33)32-12-10-31(11-13-32)14-15-34-2)30-23(18)19(16-26)24-29-20-6-3-4-7-21(20)35-24/h3-4,6-7,17,29H,5,8-15H2,1-2H3,(H,27,28,30). The van der Waals surface area contributed by atoms with E-state index in [2.05, 4.69) is 31.6 Å². The molecule has 1 saturated heterocycles. The van der Waals surface area contributed by atoms with Crippen LogP contribution in [0.25, 0.3) is 5.57 Å². The molecular weight excluding hydrogens is 446 g/mol. The Hall–Kier alpha value is -3.68. The molecule has 0 saturated carbocycles. The van der Waals surface area contributed by atoms with Crippen molar-refractivity contribution in [2.75, 3.05) is 63.6 Å². The number of aryl methyl sites for hydroxylation is 1. The fourth-order valence-corrected chi connectivity index (χ4v) is 4.06. The number of hydrogen-bond donors (Lipinski definition) is 2. The van der Waals surface area contributed by atoms with E-state index < -0.39 is 0 Å². The van der Waals surface area contributed by atoms with Crippen molar-refractivity contribution < 1.29 is 14.3 Å². The van der Waals surface area contributed by atoms with Crippen LogP contribution in [0.15, 0.2) is 36.3 Å². The normalized spacial score (nSPS) is 16.7. The maximum Gasteiger partial charge on any atom is 0.223 e. The van der Waals surface area contributed by atoms with Gasteiger partial charge in [0.15, 0.2) is 5.75 Å². The number of ether oxygens (including phenoxy) is 2. The van der Waals surface area contributed by atoms with Crippen LogP contribution in [0.3, 0.4) is 0 Å². The van der Waals surface area contributed by atoms with Crippen molar-refractivity contribution in [1.82, 2.24) is 19.8 Å². The van der Waals surface area contributed by atoms with Gasteiger partial charge in [-0.1, -0.05) is 12.1 Å². The van der Waals surface area contributed by atoms with Gasteiger partial charge in [-0.2, -0.15) is 5.26 Å². The molecule has 1 aromatic carbocycles. The fourth-order valence-electron chi connectivity index (χ4n) is 4.06. The minimum absolute atomic E-state index is 0.171. The average Bonchev–Trinajstić information content (AvgIpc) is 3.31. The van der Waals surface area contributed by atoms with E-state index in [0.29, 0.717) is 54.8 Å². The first-order chi connectivity index (χ1) is 17.1. The topological polar surface area (TPSA) is 116 Å². The lowest BCUT2D eigenvalue weighted by atomic mass is 10.1. The molecule has 2 aliphatic heterocycles. The van der Waals surface area contributed by atoms with Gasteiger partial charge in [0, 0.05) is 59.0 Å². The number of methoxy groups -OCH3 is 1. The monoisotopic (exact) mass is 477 g/mol. The van der Waals surface area contributed by atoms with Gasteiger partial charge in [-0.05, 0) is 31.0 Å². The van der Waals surface area contributed by atoms with Gasteiger partial charge in [0.1, 0.15) is 11.6 Å². The Labute approximate surface area is 205 Å². The van der Waals surface area contributed by atoms with E-state index in [9.17, 15) is 10.1 Å². The van der Waals surface area contributed by atoms with E-state index in [-0.39, 0.29) is 5.91 Å². The summed E-state index contributed by atoms with van der Waals surface area (Å²) in [5, 5.41) is 16.2. The van der Waals surface area contributed by atoms with Gasteiger partial charge < -0.3 is 25.0 Å². The summed E-state index contributed by atoms with van der Waals surface area (Å²) in [6.07, 6.45) is 2.81. The molecule has 2 aliphatic rings. The summed E-state index contributed by atoms with van der Waals surface area (Å²) in [7, 11) is 1.70. The van der Waals surface area contributed by atoms with Crippen molar-refractivity contribution in [1.29, 1.82) is 5.26 Å². The van der Waals surface area contributed by atoms with Crippen LogP contribution in [-0.4, -0.2) is 78.7 Å². The molecule has 0 atom stereocenters. The van der Waals surface area contributed by atoms with Crippen LogP contribution in [0.1, 0.15) is 24.1 Å². The van der Waals surface area contributed by atoms with E-state index >= 15 is 0 Å². The molecule has 35 heavy (non-hydrogen) atoms. The molecule has 184 valence electrons. The summed E-state index contributed by atoms with van der Waals surface area (Å²) in [6, 6.07) is 9.71. The zero-order valence-electron chi connectivity index (χ0n) is 20.2. The predicted molar refractivity (Wildman–Crippen MR) is 133 cm³/mol. The van der Waals surface area contributed by atoms with Crippen LogP contribution < -0.4 is 15.4 Å². The largest absolute Gasteiger partial charge is 0.437 e. The summed E-state index contributed by atoms with van der Waals surface area (Å²) in [5.74, 6) is 1.61. The third-order valence-electron chi connectivity index (χ3n) is 6.08. The Kier molecular flexibility index (Phi) is 8.13. The molecule has 10 nitrogen and oxygen atoms in total. The second-order valence-electron chi connectivity index (χ2n) is 8.51. The Balaban J connectivity index is 1.29. The lowest BCUT2D eigenvalue weighted by Gasteiger charge is -2.34. The maximum atomic E-state index is 12.6. The Morgan fingerprint density at radius 2 is 2.09 bits per heavy atom. The quantitative estimate of drug-likeness (QED) is 0.415. The van der Waals surface area contributed by atoms with E-state index in [1.54, 1.807) is 13.3 Å². The number of fused-ring (bicyclic) bond motifs is 1. The molecule has 3 heterocycles. The minimum atomic E-state index is 0.171. The molecule has 0 spiro atoms. The summed E-state index contributed by atoms with van der Waals surface area (Å²) in [6.45, 7) is 7.31. The number of carbonyl (C=O) groups is 1. The van der Waals surface area contributed by atoms with Crippen LogP contribution in [-0.2, 0) is 9.53 Å². The highest BCUT2D eigenvalue weighted by Crippen LogP contribution is 2.35. The number of para-hydroxylation sites is 2. The second-order valence-corrected chi connectivity index (χ2v) is 8.51. The molecular formula is C25H31N7O3. The van der Waals surface area contributed by atoms with Crippen LogP contribution in [0, 0.1) is 18.3 Å². The van der Waals surface area contributed by atoms with Gasteiger partial charge in [0.2, 0.25) is 17.7 Å². The highest BCUT2D eigenvalue weighted by atomic mass is 16.5. The smallest absolute Gasteiger partial charge is 0.223 e. The zero-order valence-corrected chi connectivity index (χ0v) is 20.2. The predicted octanol–water partition coefficient (Wildman–Crippen LogP) is 2.46. The minimum Gasteiger partial charge on any atom is -0.437 e. The van der Waals surface area contributed by atoms with Crippen molar-refractivity contribution in [2.45, 2.75) is 19.8 Å². The first-order valence-corrected chi connectivity index (χ1v) is 11.8. The molecule has 1 fully saturated rings. The van der Waals surface area contributed by atoms with E-state index in [1.165, 1.54) is 0 Å². The molecule has 0 aliphatic carbocycles. The second kappa shape index (κ2) is 11.6. The SMILES string of the molecule is COCCN1CCN(C(=O)CCCNc2ncc(C)c(C(C#N)=C3Nc4ccccc4O3)n2)CC1. The van der Waals surface area contributed by atoms with Crippen LogP contribution in [0.5, 0.6) is 5.75 Å². The third kappa shape index (κ3) is 6.07. The first-order valence-electron chi connectivity index (χ1n) is 11.8. The molecule has 0 unspecified atom stereocenters. The van der Waals surface area contributed by atoms with E-state index in [0.717, 1.165) is 44.0 Å². The lowest BCUT2D eigenvalue weighted by molar-refractivity contribution is -0.133. The number of rotatable bonds is 9. The molecule has 0 radical (unpaired) electrons. The molecule has 2 N–H and O–H groups in total. The van der Waals surface area contributed by atoms with Crippen LogP contribution in [0.4, 0.5) is 11.6 Å². The number of benzene rings is 1. The van der Waals surface area contributed by atoms with Gasteiger partial charge in [-0.25, -0.2) is 9.97 Å². The van der Waals surface area contributed by atoms with Crippen molar-refractivity contribution >= 4 is 23.1 Å². The molecule has 10 heteroatoms. The average molecular weight is 478 g/mol. The first kappa shape index (κ1) is 24.4. The van der Waals surface area contributed by atoms with Crippen LogP contribution in [0.2, 0.25) is 0 Å².